The van der Waals surface area contributed by atoms with Crippen molar-refractivity contribution in [2.45, 2.75) is 72.4 Å². The lowest BCUT2D eigenvalue weighted by atomic mass is 9.96. The summed E-state index contributed by atoms with van der Waals surface area (Å²) in [5, 5.41) is 6.08. The molecule has 234 valence electrons. The van der Waals surface area contributed by atoms with Crippen LogP contribution in [0.25, 0.3) is 11.1 Å². The quantitative estimate of drug-likeness (QED) is 0.214. The summed E-state index contributed by atoms with van der Waals surface area (Å²) >= 11 is 0. The molecule has 2 fully saturated rings. The number of hydrogen-bond donors (Lipinski definition) is 3. The summed E-state index contributed by atoms with van der Waals surface area (Å²) in [6.07, 6.45) is 10.8. The third kappa shape index (κ3) is 6.30. The van der Waals surface area contributed by atoms with Gasteiger partial charge in [-0.05, 0) is 112 Å². The Hall–Kier alpha value is -4.66. The van der Waals surface area contributed by atoms with E-state index in [-0.39, 0.29) is 29.3 Å². The highest BCUT2D eigenvalue weighted by atomic mass is 16.2. The van der Waals surface area contributed by atoms with Crippen molar-refractivity contribution in [1.82, 2.24) is 19.9 Å². The number of aromatic nitrogens is 3. The van der Waals surface area contributed by atoms with Gasteiger partial charge in [0.15, 0.2) is 0 Å². The van der Waals surface area contributed by atoms with Gasteiger partial charge in [-0.15, -0.1) is 0 Å². The van der Waals surface area contributed by atoms with Gasteiger partial charge in [0.1, 0.15) is 5.82 Å². The second-order valence-electron chi connectivity index (χ2n) is 12.7. The maximum Gasteiger partial charge on any atom is 0.253 e. The number of pyridine rings is 2. The Morgan fingerprint density at radius 3 is 2.38 bits per heavy atom. The molecule has 1 aliphatic heterocycles. The zero-order valence-electron chi connectivity index (χ0n) is 26.6. The molecule has 9 nitrogen and oxygen atoms in total. The van der Waals surface area contributed by atoms with Crippen molar-refractivity contribution in [3.63, 3.8) is 0 Å². The molecule has 0 radical (unpaired) electrons. The number of carbonyl (C=O) groups excluding carboxylic acids is 2. The van der Waals surface area contributed by atoms with Crippen LogP contribution in [-0.4, -0.2) is 39.4 Å². The fourth-order valence-electron chi connectivity index (χ4n) is 6.49. The normalized spacial score (nSPS) is 16.0. The van der Waals surface area contributed by atoms with Crippen LogP contribution in [0.4, 0.5) is 11.5 Å². The molecular weight excluding hydrogens is 564 g/mol. The van der Waals surface area contributed by atoms with Crippen molar-refractivity contribution < 1.29 is 9.59 Å². The van der Waals surface area contributed by atoms with Gasteiger partial charge >= 0.3 is 0 Å². The standard InChI is InChI=1S/C36H42N6O3/c1-5-36(12-13-36)35(45)40-31-20-27(19-29(25(31)4)33(43)38-22-30-23(2)18-24(3)39-34(30)44)26-8-9-32(37-21-26)42-16-10-28(11-17-42)41-14-6-7-15-41/h6-9,14-15,18-21,28H,5,10-13,16-17,22H2,1-4H3,(H,38,43)(H,39,44)(H,40,45). The third-order valence-corrected chi connectivity index (χ3v) is 9.75. The van der Waals surface area contributed by atoms with Gasteiger partial charge in [0.05, 0.1) is 0 Å². The van der Waals surface area contributed by atoms with Gasteiger partial charge in [-0.25, -0.2) is 4.98 Å². The Bertz CT molecular complexity index is 1760. The van der Waals surface area contributed by atoms with Gasteiger partial charge in [0.25, 0.3) is 11.5 Å². The first-order valence-electron chi connectivity index (χ1n) is 15.9. The molecule has 3 N–H and O–H groups in total. The van der Waals surface area contributed by atoms with E-state index in [0.717, 1.165) is 73.4 Å². The van der Waals surface area contributed by atoms with E-state index in [1.807, 2.05) is 64.2 Å². The molecule has 1 aromatic carbocycles. The molecule has 0 unspecified atom stereocenters. The lowest BCUT2D eigenvalue weighted by Crippen LogP contribution is -2.34. The van der Waals surface area contributed by atoms with Crippen LogP contribution in [-0.2, 0) is 11.3 Å². The summed E-state index contributed by atoms with van der Waals surface area (Å²) < 4.78 is 2.29. The number of nitrogens with one attached hydrogen (secondary N) is 3. The molecule has 2 amide bonds. The minimum atomic E-state index is -0.327. The van der Waals surface area contributed by atoms with Crippen LogP contribution >= 0.6 is 0 Å². The number of nitrogens with zero attached hydrogens (tertiary/aromatic N) is 3. The second kappa shape index (κ2) is 12.4. The van der Waals surface area contributed by atoms with Crippen molar-refractivity contribution >= 4 is 23.3 Å². The van der Waals surface area contributed by atoms with Crippen LogP contribution in [0.1, 0.15) is 77.8 Å². The van der Waals surface area contributed by atoms with Crippen LogP contribution in [0.3, 0.4) is 0 Å². The Labute approximate surface area is 264 Å². The molecule has 4 heterocycles. The number of amides is 2. The summed E-state index contributed by atoms with van der Waals surface area (Å²) in [5.74, 6) is 0.617. The highest BCUT2D eigenvalue weighted by molar-refractivity contribution is 6.03. The van der Waals surface area contributed by atoms with Gasteiger partial charge in [-0.3, -0.25) is 14.4 Å². The zero-order valence-corrected chi connectivity index (χ0v) is 26.6. The van der Waals surface area contributed by atoms with E-state index in [1.165, 1.54) is 0 Å². The maximum atomic E-state index is 13.6. The average molecular weight is 607 g/mol. The Kier molecular flexibility index (Phi) is 8.36. The molecule has 9 heteroatoms. The number of H-pyrrole nitrogens is 1. The highest BCUT2D eigenvalue weighted by Gasteiger charge is 2.48. The Morgan fingerprint density at radius 2 is 1.76 bits per heavy atom. The lowest BCUT2D eigenvalue weighted by Gasteiger charge is -2.33. The lowest BCUT2D eigenvalue weighted by molar-refractivity contribution is -0.121. The van der Waals surface area contributed by atoms with Crippen LogP contribution in [0.15, 0.2) is 65.8 Å². The molecule has 6 rings (SSSR count). The van der Waals surface area contributed by atoms with E-state index in [9.17, 15) is 14.4 Å². The number of aryl methyl sites for hydroxylation is 2. The molecular formula is C36H42N6O3. The van der Waals surface area contributed by atoms with Gasteiger partial charge in [-0.2, -0.15) is 0 Å². The van der Waals surface area contributed by atoms with Crippen molar-refractivity contribution in [1.29, 1.82) is 0 Å². The maximum absolute atomic E-state index is 13.6. The first-order valence-corrected chi connectivity index (χ1v) is 15.9. The summed E-state index contributed by atoms with van der Waals surface area (Å²) in [6, 6.07) is 14.4. The van der Waals surface area contributed by atoms with Gasteiger partial charge in [0, 0.05) is 77.8 Å². The van der Waals surface area contributed by atoms with Gasteiger partial charge in [0.2, 0.25) is 5.91 Å². The Balaban J connectivity index is 1.25. The first kappa shape index (κ1) is 30.4. The minimum absolute atomic E-state index is 0.00444. The van der Waals surface area contributed by atoms with Gasteiger partial charge in [-0.1, -0.05) is 6.92 Å². The SMILES string of the molecule is CCC1(C(=O)Nc2cc(-c3ccc(N4CCC(n5cccc5)CC4)nc3)cc(C(=O)NCc3c(C)cc(C)[nH]c3=O)c2C)CC1. The molecule has 0 bridgehead atoms. The molecule has 45 heavy (non-hydrogen) atoms. The summed E-state index contributed by atoms with van der Waals surface area (Å²) in [7, 11) is 0. The predicted octanol–water partition coefficient (Wildman–Crippen LogP) is 6.06. The first-order chi connectivity index (χ1) is 21.7. The van der Waals surface area contributed by atoms with Gasteiger partial charge < -0.3 is 25.1 Å². The van der Waals surface area contributed by atoms with Crippen molar-refractivity contribution in [2.24, 2.45) is 5.41 Å². The largest absolute Gasteiger partial charge is 0.356 e. The third-order valence-electron chi connectivity index (χ3n) is 9.75. The molecule has 4 aromatic rings. The van der Waals surface area contributed by atoms with E-state index in [1.54, 1.807) is 0 Å². The van der Waals surface area contributed by atoms with E-state index >= 15 is 0 Å². The second-order valence-corrected chi connectivity index (χ2v) is 12.7. The smallest absolute Gasteiger partial charge is 0.253 e. The van der Waals surface area contributed by atoms with Crippen LogP contribution in [0.5, 0.6) is 0 Å². The summed E-state index contributed by atoms with van der Waals surface area (Å²) in [6.45, 7) is 9.56. The number of hydrogen-bond acceptors (Lipinski definition) is 5. The molecule has 0 atom stereocenters. The van der Waals surface area contributed by atoms with Crippen LogP contribution in [0.2, 0.25) is 0 Å². The molecule has 0 spiro atoms. The van der Waals surface area contributed by atoms with Crippen LogP contribution in [0, 0.1) is 26.2 Å². The fraction of sp³-hybridized carbons (Fsp3) is 0.389. The van der Waals surface area contributed by atoms with Crippen molar-refractivity contribution in [3.05, 3.63) is 99.4 Å². The van der Waals surface area contributed by atoms with Crippen molar-refractivity contribution in [3.8, 4) is 11.1 Å². The molecule has 1 saturated carbocycles. The van der Waals surface area contributed by atoms with Crippen LogP contribution < -0.4 is 21.1 Å². The number of rotatable bonds is 9. The summed E-state index contributed by atoms with van der Waals surface area (Å²) in [5.41, 5.74) is 4.97. The van der Waals surface area contributed by atoms with E-state index < -0.39 is 0 Å². The highest BCUT2D eigenvalue weighted by Crippen LogP contribution is 2.49. The molecule has 3 aromatic heterocycles. The van der Waals surface area contributed by atoms with E-state index in [2.05, 4.69) is 49.6 Å². The van der Waals surface area contributed by atoms with Crippen molar-refractivity contribution in [2.75, 3.05) is 23.3 Å². The molecule has 1 aliphatic carbocycles. The van der Waals surface area contributed by atoms with E-state index in [0.29, 0.717) is 28.4 Å². The predicted molar refractivity (Wildman–Crippen MR) is 178 cm³/mol. The number of benzene rings is 1. The zero-order chi connectivity index (χ0) is 31.7. The number of aromatic amines is 1. The minimum Gasteiger partial charge on any atom is -0.356 e. The monoisotopic (exact) mass is 606 g/mol. The molecule has 1 saturated heterocycles. The number of carbonyl (C=O) groups is 2. The molecule has 2 aliphatic rings. The van der Waals surface area contributed by atoms with E-state index in [4.69, 9.17) is 4.98 Å². The average Bonchev–Trinajstić information content (AvgIpc) is 3.65. The number of anilines is 2. The number of piperidine rings is 1. The summed E-state index contributed by atoms with van der Waals surface area (Å²) in [4.78, 5) is 49.4. The Morgan fingerprint density at radius 1 is 1.02 bits per heavy atom. The topological polar surface area (TPSA) is 112 Å². The fourth-order valence-corrected chi connectivity index (χ4v) is 6.49.